The number of carboxylic acid groups (broad SMARTS) is 1. The molecule has 0 spiro atoms. The number of aliphatic carboxylic acids is 1. The number of aromatic nitrogens is 4. The van der Waals surface area contributed by atoms with Crippen LogP contribution in [-0.2, 0) is 4.79 Å². The van der Waals surface area contributed by atoms with Gasteiger partial charge in [-0.2, -0.15) is 5.10 Å². The summed E-state index contributed by atoms with van der Waals surface area (Å²) in [6, 6.07) is 0. The number of rotatable bonds is 3. The molecular formula is C9H10N4O2. The highest BCUT2D eigenvalue weighted by molar-refractivity contribution is 5.67. The summed E-state index contributed by atoms with van der Waals surface area (Å²) in [6.07, 6.45) is 4.77. The molecule has 6 nitrogen and oxygen atoms in total. The number of carbonyl (C=O) groups is 1. The third kappa shape index (κ3) is 1.78. The maximum atomic E-state index is 10.6. The summed E-state index contributed by atoms with van der Waals surface area (Å²) in [5.74, 6) is -0.472. The van der Waals surface area contributed by atoms with Gasteiger partial charge in [0.1, 0.15) is 0 Å². The van der Waals surface area contributed by atoms with Gasteiger partial charge in [-0.1, -0.05) is 6.92 Å². The first-order chi connectivity index (χ1) is 7.18. The summed E-state index contributed by atoms with van der Waals surface area (Å²) in [4.78, 5) is 18.6. The van der Waals surface area contributed by atoms with Gasteiger partial charge in [-0.05, 0) is 0 Å². The molecule has 0 aliphatic heterocycles. The smallest absolute Gasteiger partial charge is 0.304 e. The van der Waals surface area contributed by atoms with Gasteiger partial charge in [0.2, 0.25) is 0 Å². The Labute approximate surface area is 85.6 Å². The molecule has 0 bridgehead atoms. The predicted octanol–water partition coefficient (Wildman–Crippen LogP) is 0.702. The van der Waals surface area contributed by atoms with Crippen molar-refractivity contribution in [2.45, 2.75) is 19.3 Å². The van der Waals surface area contributed by atoms with Crippen molar-refractivity contribution in [2.75, 3.05) is 0 Å². The minimum atomic E-state index is -0.832. The SMILES string of the molecule is CC(CC(=O)O)c1cnc2nccnn12. The van der Waals surface area contributed by atoms with E-state index < -0.39 is 5.97 Å². The molecule has 0 saturated heterocycles. The fourth-order valence-electron chi connectivity index (χ4n) is 1.45. The molecule has 0 aliphatic carbocycles. The van der Waals surface area contributed by atoms with E-state index in [-0.39, 0.29) is 12.3 Å². The van der Waals surface area contributed by atoms with Crippen LogP contribution in [0.5, 0.6) is 0 Å². The molecule has 15 heavy (non-hydrogen) atoms. The van der Waals surface area contributed by atoms with Crippen LogP contribution in [0.25, 0.3) is 5.78 Å². The van der Waals surface area contributed by atoms with Gasteiger partial charge >= 0.3 is 5.97 Å². The highest BCUT2D eigenvalue weighted by atomic mass is 16.4. The molecule has 0 aliphatic rings. The van der Waals surface area contributed by atoms with Crippen molar-refractivity contribution in [1.29, 1.82) is 0 Å². The van der Waals surface area contributed by atoms with E-state index in [9.17, 15) is 4.79 Å². The van der Waals surface area contributed by atoms with Gasteiger partial charge < -0.3 is 5.11 Å². The van der Waals surface area contributed by atoms with Gasteiger partial charge in [-0.3, -0.25) is 4.79 Å². The Bertz CT molecular complexity index is 494. The second kappa shape index (κ2) is 3.64. The Balaban J connectivity index is 2.39. The highest BCUT2D eigenvalue weighted by Gasteiger charge is 2.15. The Morgan fingerprint density at radius 3 is 3.07 bits per heavy atom. The second-order valence-electron chi connectivity index (χ2n) is 3.34. The van der Waals surface area contributed by atoms with Crippen LogP contribution >= 0.6 is 0 Å². The van der Waals surface area contributed by atoms with Crippen molar-refractivity contribution >= 4 is 11.7 Å². The lowest BCUT2D eigenvalue weighted by Gasteiger charge is -2.06. The van der Waals surface area contributed by atoms with E-state index in [2.05, 4.69) is 15.1 Å². The molecule has 0 aromatic carbocycles. The van der Waals surface area contributed by atoms with Gasteiger partial charge in [0, 0.05) is 5.92 Å². The topological polar surface area (TPSA) is 80.4 Å². The minimum absolute atomic E-state index is 0.0599. The molecule has 2 heterocycles. The third-order valence-electron chi connectivity index (χ3n) is 2.17. The van der Waals surface area contributed by atoms with E-state index in [1.165, 1.54) is 0 Å². The van der Waals surface area contributed by atoms with Gasteiger partial charge in [0.15, 0.2) is 0 Å². The number of hydrogen-bond donors (Lipinski definition) is 1. The van der Waals surface area contributed by atoms with Gasteiger partial charge in [-0.25, -0.2) is 14.5 Å². The van der Waals surface area contributed by atoms with Crippen LogP contribution in [0.4, 0.5) is 0 Å². The molecule has 1 unspecified atom stereocenters. The maximum Gasteiger partial charge on any atom is 0.304 e. The highest BCUT2D eigenvalue weighted by Crippen LogP contribution is 2.18. The molecule has 6 heteroatoms. The summed E-state index contributed by atoms with van der Waals surface area (Å²) in [5, 5.41) is 12.8. The zero-order valence-electron chi connectivity index (χ0n) is 8.16. The summed E-state index contributed by atoms with van der Waals surface area (Å²) in [6.45, 7) is 1.83. The molecule has 2 aromatic heterocycles. The quantitative estimate of drug-likeness (QED) is 0.799. The summed E-state index contributed by atoms with van der Waals surface area (Å²) in [5.41, 5.74) is 0.764. The van der Waals surface area contributed by atoms with E-state index in [0.717, 1.165) is 5.69 Å². The summed E-state index contributed by atoms with van der Waals surface area (Å²) < 4.78 is 1.56. The molecule has 0 fully saturated rings. The van der Waals surface area contributed by atoms with Crippen LogP contribution in [0.3, 0.4) is 0 Å². The van der Waals surface area contributed by atoms with E-state index >= 15 is 0 Å². The lowest BCUT2D eigenvalue weighted by molar-refractivity contribution is -0.137. The van der Waals surface area contributed by atoms with Crippen LogP contribution in [-0.4, -0.2) is 30.7 Å². The monoisotopic (exact) mass is 206 g/mol. The fourth-order valence-corrected chi connectivity index (χ4v) is 1.45. The van der Waals surface area contributed by atoms with Gasteiger partial charge in [0.25, 0.3) is 5.78 Å². The first-order valence-electron chi connectivity index (χ1n) is 4.55. The number of hydrogen-bond acceptors (Lipinski definition) is 4. The molecule has 0 saturated carbocycles. The zero-order chi connectivity index (χ0) is 10.8. The Hall–Kier alpha value is -1.98. The maximum absolute atomic E-state index is 10.6. The van der Waals surface area contributed by atoms with Gasteiger partial charge in [-0.15, -0.1) is 0 Å². The number of fused-ring (bicyclic) bond motifs is 1. The van der Waals surface area contributed by atoms with Crippen molar-refractivity contribution in [2.24, 2.45) is 0 Å². The lowest BCUT2D eigenvalue weighted by atomic mass is 10.1. The van der Waals surface area contributed by atoms with E-state index in [0.29, 0.717) is 5.78 Å². The first kappa shape index (κ1) is 9.57. The Morgan fingerprint density at radius 2 is 2.33 bits per heavy atom. The molecule has 1 N–H and O–H groups in total. The normalized spacial score (nSPS) is 12.9. The minimum Gasteiger partial charge on any atom is -0.481 e. The van der Waals surface area contributed by atoms with Crippen molar-refractivity contribution in [1.82, 2.24) is 19.6 Å². The molecular weight excluding hydrogens is 196 g/mol. The molecule has 78 valence electrons. The van der Waals surface area contributed by atoms with Crippen LogP contribution in [0, 0.1) is 0 Å². The number of carboxylic acids is 1. The number of nitrogens with zero attached hydrogens (tertiary/aromatic N) is 4. The van der Waals surface area contributed by atoms with Gasteiger partial charge in [0.05, 0.1) is 30.7 Å². The lowest BCUT2D eigenvalue weighted by Crippen LogP contribution is -2.07. The van der Waals surface area contributed by atoms with Crippen LogP contribution in [0.15, 0.2) is 18.6 Å². The average molecular weight is 206 g/mol. The van der Waals surface area contributed by atoms with Crippen molar-refractivity contribution < 1.29 is 9.90 Å². The summed E-state index contributed by atoms with van der Waals surface area (Å²) in [7, 11) is 0. The fraction of sp³-hybridized carbons (Fsp3) is 0.333. The Kier molecular flexibility index (Phi) is 2.32. The standard InChI is InChI=1S/C9H10N4O2/c1-6(4-8(14)15)7-5-11-9-10-2-3-12-13(7)9/h2-3,5-6H,4H2,1H3,(H,14,15). The van der Waals surface area contributed by atoms with Crippen molar-refractivity contribution in [3.63, 3.8) is 0 Å². The molecule has 2 rings (SSSR count). The summed E-state index contributed by atoms with van der Waals surface area (Å²) >= 11 is 0. The van der Waals surface area contributed by atoms with Crippen LogP contribution < -0.4 is 0 Å². The van der Waals surface area contributed by atoms with E-state index in [1.54, 1.807) is 23.1 Å². The Morgan fingerprint density at radius 1 is 1.53 bits per heavy atom. The van der Waals surface area contributed by atoms with E-state index in [1.807, 2.05) is 6.92 Å². The number of imidazole rings is 1. The first-order valence-corrected chi connectivity index (χ1v) is 4.55. The third-order valence-corrected chi connectivity index (χ3v) is 2.17. The van der Waals surface area contributed by atoms with E-state index in [4.69, 9.17) is 5.11 Å². The largest absolute Gasteiger partial charge is 0.481 e. The second-order valence-corrected chi connectivity index (χ2v) is 3.34. The molecule has 1 atom stereocenters. The molecule has 2 aromatic rings. The zero-order valence-corrected chi connectivity index (χ0v) is 8.16. The van der Waals surface area contributed by atoms with Crippen LogP contribution in [0.2, 0.25) is 0 Å². The molecule has 0 amide bonds. The average Bonchev–Trinajstić information content (AvgIpc) is 2.59. The van der Waals surface area contributed by atoms with Crippen molar-refractivity contribution in [3.8, 4) is 0 Å². The van der Waals surface area contributed by atoms with Crippen LogP contribution in [0.1, 0.15) is 25.0 Å². The molecule has 0 radical (unpaired) electrons. The predicted molar refractivity (Wildman–Crippen MR) is 51.4 cm³/mol. The van der Waals surface area contributed by atoms with Crippen molar-refractivity contribution in [3.05, 3.63) is 24.3 Å².